The molecule has 0 aromatic carbocycles. The number of hydrogen-bond acceptors (Lipinski definition) is 2. The van der Waals surface area contributed by atoms with Crippen LogP contribution in [-0.4, -0.2) is 27.5 Å². The van der Waals surface area contributed by atoms with Gasteiger partial charge in [0.05, 0.1) is 6.67 Å². The molecule has 0 amide bonds. The van der Waals surface area contributed by atoms with Crippen LogP contribution in [0, 0.1) is 0 Å². The second-order valence-electron chi connectivity index (χ2n) is 4.36. The molecule has 2 aromatic rings. The zero-order chi connectivity index (χ0) is 11.0. The molecule has 1 aliphatic heterocycles. The maximum atomic E-state index is 11.7. The number of nitrogens with one attached hydrogen (secondary N) is 1. The van der Waals surface area contributed by atoms with Gasteiger partial charge in [-0.3, -0.25) is 9.69 Å². The van der Waals surface area contributed by atoms with E-state index in [2.05, 4.69) is 9.88 Å². The SMILES string of the molecule is O=c1[nH]ccc2ccn(CN3CCCC3)c12. The van der Waals surface area contributed by atoms with Crippen molar-refractivity contribution in [3.8, 4) is 0 Å². The van der Waals surface area contributed by atoms with Gasteiger partial charge in [0.1, 0.15) is 5.52 Å². The van der Waals surface area contributed by atoms with Crippen LogP contribution < -0.4 is 5.56 Å². The molecule has 0 bridgehead atoms. The third-order valence-corrected chi connectivity index (χ3v) is 3.24. The van der Waals surface area contributed by atoms with Crippen molar-refractivity contribution in [3.63, 3.8) is 0 Å². The Balaban J connectivity index is 2.00. The molecule has 0 radical (unpaired) electrons. The molecule has 3 heterocycles. The third kappa shape index (κ3) is 1.55. The van der Waals surface area contributed by atoms with E-state index in [-0.39, 0.29) is 5.56 Å². The fourth-order valence-corrected chi connectivity index (χ4v) is 2.42. The molecule has 0 aliphatic carbocycles. The van der Waals surface area contributed by atoms with Gasteiger partial charge < -0.3 is 9.55 Å². The van der Waals surface area contributed by atoms with E-state index in [0.29, 0.717) is 0 Å². The molecule has 1 saturated heterocycles. The van der Waals surface area contributed by atoms with Crippen molar-refractivity contribution in [1.82, 2.24) is 14.5 Å². The van der Waals surface area contributed by atoms with Crippen LogP contribution in [0.2, 0.25) is 0 Å². The van der Waals surface area contributed by atoms with Gasteiger partial charge in [-0.05, 0) is 38.1 Å². The molecule has 4 nitrogen and oxygen atoms in total. The summed E-state index contributed by atoms with van der Waals surface area (Å²) in [5.41, 5.74) is 0.788. The van der Waals surface area contributed by atoms with E-state index < -0.39 is 0 Å². The molecule has 1 aliphatic rings. The van der Waals surface area contributed by atoms with Gasteiger partial charge >= 0.3 is 0 Å². The molecule has 2 aromatic heterocycles. The number of fused-ring (bicyclic) bond motifs is 1. The van der Waals surface area contributed by atoms with Crippen molar-refractivity contribution >= 4 is 10.9 Å². The number of pyridine rings is 1. The molecule has 3 rings (SSSR count). The summed E-state index contributed by atoms with van der Waals surface area (Å²) in [6, 6.07) is 3.94. The monoisotopic (exact) mass is 217 g/mol. The minimum absolute atomic E-state index is 0.00157. The Labute approximate surface area is 93.5 Å². The highest BCUT2D eigenvalue weighted by molar-refractivity contribution is 5.78. The molecule has 0 spiro atoms. The predicted octanol–water partition coefficient (Wildman–Crippen LogP) is 1.38. The first-order valence-corrected chi connectivity index (χ1v) is 5.73. The van der Waals surface area contributed by atoms with Gasteiger partial charge in [0, 0.05) is 17.8 Å². The summed E-state index contributed by atoms with van der Waals surface area (Å²) in [6.07, 6.45) is 6.24. The Morgan fingerprint density at radius 3 is 2.88 bits per heavy atom. The number of H-pyrrole nitrogens is 1. The first-order chi connectivity index (χ1) is 7.84. The summed E-state index contributed by atoms with van der Waals surface area (Å²) >= 11 is 0. The number of likely N-dealkylation sites (tertiary alicyclic amines) is 1. The summed E-state index contributed by atoms with van der Waals surface area (Å²) < 4.78 is 2.04. The molecular formula is C12H15N3O. The van der Waals surface area contributed by atoms with Crippen LogP contribution >= 0.6 is 0 Å². The molecule has 0 saturated carbocycles. The molecule has 4 heteroatoms. The molecule has 0 atom stereocenters. The summed E-state index contributed by atoms with van der Waals surface area (Å²) in [6.45, 7) is 3.12. The fourth-order valence-electron chi connectivity index (χ4n) is 2.42. The Morgan fingerprint density at radius 1 is 1.25 bits per heavy atom. The van der Waals surface area contributed by atoms with Gasteiger partial charge in [-0.15, -0.1) is 0 Å². The standard InChI is InChI=1S/C12H15N3O/c16-12-11-10(3-5-13-12)4-8-15(11)9-14-6-1-2-7-14/h3-5,8H,1-2,6-7,9H2,(H,13,16). The minimum Gasteiger partial charge on any atom is -0.330 e. The highest BCUT2D eigenvalue weighted by atomic mass is 16.1. The van der Waals surface area contributed by atoms with Crippen LogP contribution in [0.15, 0.2) is 29.3 Å². The van der Waals surface area contributed by atoms with Crippen molar-refractivity contribution in [1.29, 1.82) is 0 Å². The van der Waals surface area contributed by atoms with Crippen LogP contribution in [0.3, 0.4) is 0 Å². The lowest BCUT2D eigenvalue weighted by atomic mass is 10.3. The maximum absolute atomic E-state index is 11.7. The lowest BCUT2D eigenvalue weighted by molar-refractivity contribution is 0.275. The van der Waals surface area contributed by atoms with Gasteiger partial charge in [-0.1, -0.05) is 0 Å². The summed E-state index contributed by atoms with van der Waals surface area (Å²) in [4.78, 5) is 16.9. The Morgan fingerprint density at radius 2 is 2.06 bits per heavy atom. The van der Waals surface area contributed by atoms with E-state index in [1.165, 1.54) is 12.8 Å². The molecule has 16 heavy (non-hydrogen) atoms. The smallest absolute Gasteiger partial charge is 0.272 e. The number of aromatic amines is 1. The quantitative estimate of drug-likeness (QED) is 0.825. The largest absolute Gasteiger partial charge is 0.330 e. The first kappa shape index (κ1) is 9.66. The molecule has 1 N–H and O–H groups in total. The Kier molecular flexibility index (Phi) is 2.29. The Hall–Kier alpha value is -1.55. The predicted molar refractivity (Wildman–Crippen MR) is 63.4 cm³/mol. The first-order valence-electron chi connectivity index (χ1n) is 5.73. The lowest BCUT2D eigenvalue weighted by Crippen LogP contribution is -2.24. The average Bonchev–Trinajstić information content (AvgIpc) is 2.90. The highest BCUT2D eigenvalue weighted by Crippen LogP contribution is 2.14. The lowest BCUT2D eigenvalue weighted by Gasteiger charge is -2.15. The van der Waals surface area contributed by atoms with Crippen LogP contribution in [0.4, 0.5) is 0 Å². The highest BCUT2D eigenvalue weighted by Gasteiger charge is 2.13. The van der Waals surface area contributed by atoms with Gasteiger partial charge in [-0.2, -0.15) is 0 Å². The van der Waals surface area contributed by atoms with Crippen molar-refractivity contribution in [3.05, 3.63) is 34.9 Å². The van der Waals surface area contributed by atoms with E-state index in [4.69, 9.17) is 0 Å². The summed E-state index contributed by atoms with van der Waals surface area (Å²) in [7, 11) is 0. The molecule has 84 valence electrons. The van der Waals surface area contributed by atoms with Crippen molar-refractivity contribution in [2.45, 2.75) is 19.5 Å². The van der Waals surface area contributed by atoms with Gasteiger partial charge in [0.15, 0.2) is 0 Å². The van der Waals surface area contributed by atoms with E-state index in [1.807, 2.05) is 22.9 Å². The summed E-state index contributed by atoms with van der Waals surface area (Å²) in [5, 5.41) is 1.02. The number of hydrogen-bond donors (Lipinski definition) is 1. The van der Waals surface area contributed by atoms with E-state index >= 15 is 0 Å². The zero-order valence-corrected chi connectivity index (χ0v) is 9.15. The maximum Gasteiger partial charge on any atom is 0.272 e. The number of rotatable bonds is 2. The topological polar surface area (TPSA) is 41.0 Å². The number of aromatic nitrogens is 2. The second kappa shape index (κ2) is 3.79. The number of nitrogens with zero attached hydrogens (tertiary/aromatic N) is 2. The zero-order valence-electron chi connectivity index (χ0n) is 9.15. The van der Waals surface area contributed by atoms with Crippen LogP contribution in [0.1, 0.15) is 12.8 Å². The van der Waals surface area contributed by atoms with Crippen molar-refractivity contribution in [2.24, 2.45) is 0 Å². The minimum atomic E-state index is 0.00157. The summed E-state index contributed by atoms with van der Waals surface area (Å²) in [5.74, 6) is 0. The molecule has 0 unspecified atom stereocenters. The second-order valence-corrected chi connectivity index (χ2v) is 4.36. The van der Waals surface area contributed by atoms with Crippen molar-refractivity contribution < 1.29 is 0 Å². The van der Waals surface area contributed by atoms with Gasteiger partial charge in [-0.25, -0.2) is 0 Å². The average molecular weight is 217 g/mol. The Bertz CT molecular complexity index is 549. The fraction of sp³-hybridized carbons (Fsp3) is 0.417. The molecular weight excluding hydrogens is 202 g/mol. The van der Waals surface area contributed by atoms with Crippen molar-refractivity contribution in [2.75, 3.05) is 13.1 Å². The van der Waals surface area contributed by atoms with Crippen LogP contribution in [0.25, 0.3) is 10.9 Å². The van der Waals surface area contributed by atoms with E-state index in [0.717, 1.165) is 30.7 Å². The third-order valence-electron chi connectivity index (χ3n) is 3.24. The normalized spacial score (nSPS) is 17.2. The van der Waals surface area contributed by atoms with Crippen LogP contribution in [0.5, 0.6) is 0 Å². The molecule has 1 fully saturated rings. The van der Waals surface area contributed by atoms with E-state index in [1.54, 1.807) is 6.20 Å². The van der Waals surface area contributed by atoms with Crippen LogP contribution in [-0.2, 0) is 6.67 Å². The van der Waals surface area contributed by atoms with Gasteiger partial charge in [0.25, 0.3) is 5.56 Å². The van der Waals surface area contributed by atoms with Gasteiger partial charge in [0.2, 0.25) is 0 Å². The van der Waals surface area contributed by atoms with E-state index in [9.17, 15) is 4.79 Å².